The van der Waals surface area contributed by atoms with Gasteiger partial charge in [-0.1, -0.05) is 25.5 Å². The van der Waals surface area contributed by atoms with Crippen LogP contribution in [0.5, 0.6) is 0 Å². The molecule has 10 nitrogen and oxygen atoms in total. The van der Waals surface area contributed by atoms with E-state index in [1.165, 1.54) is 5.57 Å². The van der Waals surface area contributed by atoms with E-state index in [1.54, 1.807) is 13.8 Å². The van der Waals surface area contributed by atoms with Crippen molar-refractivity contribution in [3.8, 4) is 0 Å². The van der Waals surface area contributed by atoms with Crippen LogP contribution >= 0.6 is 0 Å². The van der Waals surface area contributed by atoms with Crippen LogP contribution < -0.4 is 29.6 Å². The van der Waals surface area contributed by atoms with Crippen molar-refractivity contribution in [2.75, 3.05) is 0 Å². The van der Waals surface area contributed by atoms with E-state index in [-0.39, 0.29) is 76.3 Å². The molecule has 4 aliphatic carbocycles. The van der Waals surface area contributed by atoms with E-state index in [4.69, 9.17) is 13.7 Å². The van der Waals surface area contributed by atoms with Crippen molar-refractivity contribution >= 4 is 16.2 Å². The molecule has 0 spiro atoms. The molecule has 0 bridgehead atoms. The maximum Gasteiger partial charge on any atom is 1.00 e. The summed E-state index contributed by atoms with van der Waals surface area (Å²) < 4.78 is 51.3. The van der Waals surface area contributed by atoms with Crippen LogP contribution in [0.15, 0.2) is 11.6 Å². The molecule has 0 amide bonds. The molecule has 3 N–H and O–H groups in total. The topological polar surface area (TPSA) is 163 Å². The Kier molecular flexibility index (Phi) is 9.27. The zero-order valence-corrected chi connectivity index (χ0v) is 26.3. The summed E-state index contributed by atoms with van der Waals surface area (Å²) >= 11 is 0. The van der Waals surface area contributed by atoms with Crippen LogP contribution in [0, 0.1) is 34.5 Å². The zero-order chi connectivity index (χ0) is 27.8. The number of aliphatic hydroxyl groups excluding tert-OH is 3. The minimum atomic E-state index is -4.88. The van der Waals surface area contributed by atoms with Gasteiger partial charge in [-0.15, -0.1) is 0 Å². The van der Waals surface area contributed by atoms with E-state index in [0.29, 0.717) is 19.3 Å². The predicted molar refractivity (Wildman–Crippen MR) is 133 cm³/mol. The van der Waals surface area contributed by atoms with E-state index in [0.717, 1.165) is 19.3 Å². The van der Waals surface area contributed by atoms with Gasteiger partial charge in [-0.2, -0.15) is 0 Å². The molecule has 0 aromatic heterocycles. The molecule has 1 heterocycles. The number of hydrogen-bond acceptors (Lipinski definition) is 10. The summed E-state index contributed by atoms with van der Waals surface area (Å²) in [7, 11) is -4.88. The van der Waals surface area contributed by atoms with Gasteiger partial charge in [0.25, 0.3) is 0 Å². The number of allylic oxidation sites excluding steroid dienone is 2. The smallest absolute Gasteiger partial charge is 0.726 e. The first-order valence-electron chi connectivity index (χ1n) is 13.9. The Balaban J connectivity index is 0.00000353. The number of Topliss-reactive ketones (excluding diaryl/α,β-unsaturated/α-hetero) is 1. The van der Waals surface area contributed by atoms with Crippen LogP contribution in [0.4, 0.5) is 0 Å². The van der Waals surface area contributed by atoms with E-state index < -0.39 is 53.3 Å². The van der Waals surface area contributed by atoms with Gasteiger partial charge in [-0.3, -0.25) is 8.98 Å². The first kappa shape index (κ1) is 32.0. The first-order valence-corrected chi connectivity index (χ1v) is 15.2. The zero-order valence-electron chi connectivity index (χ0n) is 23.5. The fourth-order valence-electron chi connectivity index (χ4n) is 8.88. The van der Waals surface area contributed by atoms with E-state index in [1.807, 2.05) is 0 Å². The Morgan fingerprint density at radius 3 is 2.41 bits per heavy atom. The molecular weight excluding hydrogens is 539 g/mol. The Morgan fingerprint density at radius 1 is 1.08 bits per heavy atom. The van der Waals surface area contributed by atoms with E-state index in [9.17, 15) is 33.1 Å². The van der Waals surface area contributed by atoms with Crippen molar-refractivity contribution in [1.29, 1.82) is 0 Å². The van der Waals surface area contributed by atoms with Crippen molar-refractivity contribution in [2.24, 2.45) is 34.5 Å². The number of hydrogen-bond donors (Lipinski definition) is 3. The summed E-state index contributed by atoms with van der Waals surface area (Å²) in [5.74, 6) is 0.410. The monoisotopic (exact) mass is 580 g/mol. The molecule has 0 unspecified atom stereocenters. The third kappa shape index (κ3) is 5.60. The molecule has 39 heavy (non-hydrogen) atoms. The molecule has 216 valence electrons. The number of aliphatic hydroxyl groups is 3. The summed E-state index contributed by atoms with van der Waals surface area (Å²) in [5.41, 5.74) is 0.797. The van der Waals surface area contributed by atoms with Gasteiger partial charge in [0.05, 0.1) is 18.3 Å². The van der Waals surface area contributed by atoms with Crippen LogP contribution in [0.3, 0.4) is 0 Å². The van der Waals surface area contributed by atoms with Crippen molar-refractivity contribution in [3.05, 3.63) is 11.6 Å². The second kappa shape index (κ2) is 11.3. The fraction of sp³-hybridized carbons (Fsp3) is 0.889. The Bertz CT molecular complexity index is 1080. The van der Waals surface area contributed by atoms with Gasteiger partial charge in [0.1, 0.15) is 24.1 Å². The largest absolute Gasteiger partial charge is 1.00 e. The third-order valence-corrected chi connectivity index (χ3v) is 11.3. The normalized spacial score (nSPS) is 49.6. The molecule has 5 rings (SSSR count). The van der Waals surface area contributed by atoms with Gasteiger partial charge in [0.15, 0.2) is 6.29 Å². The molecule has 1 aliphatic heterocycles. The van der Waals surface area contributed by atoms with Crippen molar-refractivity contribution in [1.82, 2.24) is 0 Å². The minimum absolute atomic E-state index is 0. The van der Waals surface area contributed by atoms with Gasteiger partial charge < -0.3 is 29.3 Å². The number of ketones is 1. The van der Waals surface area contributed by atoms with Crippen molar-refractivity contribution < 1.29 is 76.3 Å². The van der Waals surface area contributed by atoms with Gasteiger partial charge in [0, 0.05) is 5.92 Å². The number of ether oxygens (including phenoxy) is 2. The van der Waals surface area contributed by atoms with Crippen LogP contribution in [0.1, 0.15) is 72.6 Å². The van der Waals surface area contributed by atoms with Gasteiger partial charge >= 0.3 is 29.6 Å². The summed E-state index contributed by atoms with van der Waals surface area (Å²) in [6, 6.07) is 0. The van der Waals surface area contributed by atoms with Crippen molar-refractivity contribution in [2.45, 2.75) is 116 Å². The van der Waals surface area contributed by atoms with E-state index >= 15 is 0 Å². The molecule has 0 aromatic carbocycles. The molecule has 0 radical (unpaired) electrons. The van der Waals surface area contributed by atoms with Crippen LogP contribution in [-0.4, -0.2) is 77.0 Å². The Hall–Kier alpha value is 0.0800. The average molecular weight is 581 g/mol. The standard InChI is InChI=1S/C27H42O10S.Na/c1-13(28)17-5-6-18-16-12-21(36-25-24(31)23(30)22(29)14(2)35-25)20-11-15(37-38(32,33)34)7-9-27(20,4)19(16)8-10-26(17,18)3;/h8,14-18,20-25,29-31H,5-7,9-12H2,1-4H3,(H,32,33,34);/q;+1/p-1/t14-,15-,16-,17+,18-,20+,21-,22-,23+,24-,25+,26+,27+;/m0./s1. The quantitative estimate of drug-likeness (QED) is 0.156. The van der Waals surface area contributed by atoms with Crippen LogP contribution in [0.25, 0.3) is 0 Å². The number of fused-ring (bicyclic) bond motifs is 5. The maximum absolute atomic E-state index is 12.5. The van der Waals surface area contributed by atoms with Gasteiger partial charge in [0.2, 0.25) is 10.4 Å². The summed E-state index contributed by atoms with van der Waals surface area (Å²) in [6.07, 6.45) is -0.609. The fourth-order valence-corrected chi connectivity index (χ4v) is 9.39. The second-order valence-electron chi connectivity index (χ2n) is 12.8. The molecule has 5 aliphatic rings. The first-order chi connectivity index (χ1) is 17.7. The third-order valence-electron chi connectivity index (χ3n) is 10.8. The number of carbonyl (C=O) groups is 1. The summed E-state index contributed by atoms with van der Waals surface area (Å²) in [4.78, 5) is 12.5. The van der Waals surface area contributed by atoms with Gasteiger partial charge in [-0.25, -0.2) is 8.42 Å². The van der Waals surface area contributed by atoms with Crippen LogP contribution in [0.2, 0.25) is 0 Å². The molecule has 13 atom stereocenters. The summed E-state index contributed by atoms with van der Waals surface area (Å²) in [5, 5.41) is 31.2. The van der Waals surface area contributed by atoms with Crippen LogP contribution in [-0.2, 0) is 28.9 Å². The van der Waals surface area contributed by atoms with Crippen molar-refractivity contribution in [3.63, 3.8) is 0 Å². The molecule has 0 aromatic rings. The SMILES string of the molecule is CC(=O)[C@H]1CC[C@H]2[C@@H]3C[C@H](O[C@H]4O[C@@H](C)[C@H](O)[C@@H](O)[C@@H]4O)[C@H]4C[C@@H](OS(=O)(=O)[O-])CC[C@]4(C)C3=CC[C@]12C.[Na+]. The Morgan fingerprint density at radius 2 is 1.77 bits per heavy atom. The maximum atomic E-state index is 12.5. The molecule has 12 heteroatoms. The Labute approximate surface area is 253 Å². The predicted octanol–water partition coefficient (Wildman–Crippen LogP) is -1.17. The second-order valence-corrected chi connectivity index (χ2v) is 13.8. The minimum Gasteiger partial charge on any atom is -0.726 e. The molecule has 1 saturated heterocycles. The number of carbonyl (C=O) groups excluding carboxylic acids is 1. The summed E-state index contributed by atoms with van der Waals surface area (Å²) in [6.45, 7) is 7.65. The van der Waals surface area contributed by atoms with Gasteiger partial charge in [-0.05, 0) is 87.4 Å². The average Bonchev–Trinajstić information content (AvgIpc) is 3.18. The number of rotatable bonds is 5. The molecule has 4 fully saturated rings. The molecular formula is C27H41NaO10S. The van der Waals surface area contributed by atoms with E-state index in [2.05, 4.69) is 19.9 Å². The molecule has 3 saturated carbocycles.